The lowest BCUT2D eigenvalue weighted by atomic mass is 9.96. The number of alkyl halides is 3. The third kappa shape index (κ3) is 5.00. The first-order valence-electron chi connectivity index (χ1n) is 8.93. The molecule has 0 aromatic carbocycles. The first-order valence-corrected chi connectivity index (χ1v) is 9.87. The molecule has 0 spiro atoms. The Morgan fingerprint density at radius 1 is 1.44 bits per heavy atom. The van der Waals surface area contributed by atoms with Crippen LogP contribution in [-0.4, -0.2) is 30.0 Å². The summed E-state index contributed by atoms with van der Waals surface area (Å²) in [7, 11) is 0. The first kappa shape index (κ1) is 19.7. The van der Waals surface area contributed by atoms with Crippen molar-refractivity contribution >= 4 is 23.1 Å². The van der Waals surface area contributed by atoms with Crippen molar-refractivity contribution in [2.45, 2.75) is 38.4 Å². The lowest BCUT2D eigenvalue weighted by molar-refractivity contribution is -0.137. The summed E-state index contributed by atoms with van der Waals surface area (Å²) in [6.07, 6.45) is -1.04. The molecule has 0 radical (unpaired) electrons. The average molecular weight is 397 g/mol. The molecule has 0 aliphatic carbocycles. The molecule has 2 aromatic rings. The topological polar surface area (TPSA) is 45.2 Å². The van der Waals surface area contributed by atoms with Crippen LogP contribution in [0.4, 0.5) is 19.0 Å². The fourth-order valence-electron chi connectivity index (χ4n) is 3.43. The van der Waals surface area contributed by atoms with Crippen LogP contribution in [0.2, 0.25) is 0 Å². The second kappa shape index (κ2) is 8.29. The lowest BCUT2D eigenvalue weighted by Gasteiger charge is -2.34. The standard InChI is InChI=1S/C19H22F3N3OS/c1-13(10-14-6-9-27-12-14)24-18(26)15-4-3-8-25(11-15)17-16(19(20,21)22)5-2-7-23-17/h2,5-7,9,12-13,15H,3-4,8,10-11H2,1H3,(H,24,26). The van der Waals surface area contributed by atoms with Gasteiger partial charge in [0.15, 0.2) is 0 Å². The normalized spacial score (nSPS) is 19.0. The minimum Gasteiger partial charge on any atom is -0.355 e. The van der Waals surface area contributed by atoms with Gasteiger partial charge in [-0.3, -0.25) is 4.79 Å². The molecule has 3 rings (SSSR count). The second-order valence-electron chi connectivity index (χ2n) is 6.90. The number of hydrogen-bond acceptors (Lipinski definition) is 4. The SMILES string of the molecule is CC(Cc1ccsc1)NC(=O)C1CCCN(c2ncccc2C(F)(F)F)C1. The molecular weight excluding hydrogens is 375 g/mol. The van der Waals surface area contributed by atoms with Crippen LogP contribution >= 0.6 is 11.3 Å². The van der Waals surface area contributed by atoms with Crippen LogP contribution in [0.1, 0.15) is 30.9 Å². The number of piperidine rings is 1. The summed E-state index contributed by atoms with van der Waals surface area (Å²) in [4.78, 5) is 18.2. The molecule has 0 saturated carbocycles. The van der Waals surface area contributed by atoms with E-state index in [2.05, 4.69) is 10.3 Å². The minimum atomic E-state index is -4.46. The highest BCUT2D eigenvalue weighted by molar-refractivity contribution is 7.07. The van der Waals surface area contributed by atoms with Gasteiger partial charge in [0.2, 0.25) is 5.91 Å². The number of nitrogens with zero attached hydrogens (tertiary/aromatic N) is 2. The van der Waals surface area contributed by atoms with Gasteiger partial charge in [0.05, 0.1) is 11.5 Å². The number of carbonyl (C=O) groups is 1. The van der Waals surface area contributed by atoms with E-state index in [1.54, 1.807) is 16.2 Å². The Hall–Kier alpha value is -2.09. The summed E-state index contributed by atoms with van der Waals surface area (Å²) >= 11 is 1.61. The van der Waals surface area contributed by atoms with Gasteiger partial charge in [-0.05, 0) is 60.7 Å². The predicted octanol–water partition coefficient (Wildman–Crippen LogP) is 4.13. The van der Waals surface area contributed by atoms with Crippen LogP contribution in [0.5, 0.6) is 0 Å². The molecule has 1 aliphatic rings. The molecule has 2 unspecified atom stereocenters. The number of anilines is 1. The van der Waals surface area contributed by atoms with Gasteiger partial charge in [-0.15, -0.1) is 0 Å². The third-order valence-corrected chi connectivity index (χ3v) is 5.43. The van der Waals surface area contributed by atoms with E-state index in [1.807, 2.05) is 23.8 Å². The zero-order chi connectivity index (χ0) is 19.4. The minimum absolute atomic E-state index is 0.0249. The number of halogens is 3. The van der Waals surface area contributed by atoms with Gasteiger partial charge in [0.25, 0.3) is 0 Å². The molecule has 2 aromatic heterocycles. The molecule has 8 heteroatoms. The summed E-state index contributed by atoms with van der Waals surface area (Å²) in [6.45, 7) is 2.65. The van der Waals surface area contributed by atoms with Crippen molar-refractivity contribution in [3.63, 3.8) is 0 Å². The number of aromatic nitrogens is 1. The summed E-state index contributed by atoms with van der Waals surface area (Å²) in [5.41, 5.74) is 0.415. The smallest absolute Gasteiger partial charge is 0.355 e. The zero-order valence-electron chi connectivity index (χ0n) is 15.0. The number of nitrogens with one attached hydrogen (secondary N) is 1. The van der Waals surface area contributed by atoms with E-state index < -0.39 is 11.7 Å². The predicted molar refractivity (Wildman–Crippen MR) is 99.8 cm³/mol. The van der Waals surface area contributed by atoms with E-state index in [4.69, 9.17) is 0 Å². The van der Waals surface area contributed by atoms with Crippen LogP contribution in [0, 0.1) is 5.92 Å². The molecule has 1 aliphatic heterocycles. The van der Waals surface area contributed by atoms with Crippen molar-refractivity contribution in [1.82, 2.24) is 10.3 Å². The van der Waals surface area contributed by atoms with Gasteiger partial charge >= 0.3 is 6.18 Å². The maximum atomic E-state index is 13.3. The molecule has 1 saturated heterocycles. The largest absolute Gasteiger partial charge is 0.419 e. The Balaban J connectivity index is 1.65. The number of thiophene rings is 1. The lowest BCUT2D eigenvalue weighted by Crippen LogP contribution is -2.46. The van der Waals surface area contributed by atoms with E-state index >= 15 is 0 Å². The maximum Gasteiger partial charge on any atom is 0.419 e. The van der Waals surface area contributed by atoms with Crippen LogP contribution in [-0.2, 0) is 17.4 Å². The summed E-state index contributed by atoms with van der Waals surface area (Å²) in [5.74, 6) is -0.535. The van der Waals surface area contributed by atoms with E-state index in [1.165, 1.54) is 17.8 Å². The summed E-state index contributed by atoms with van der Waals surface area (Å²) < 4.78 is 39.8. The van der Waals surface area contributed by atoms with Crippen LogP contribution in [0.25, 0.3) is 0 Å². The molecule has 2 atom stereocenters. The Bertz CT molecular complexity index is 764. The zero-order valence-corrected chi connectivity index (χ0v) is 15.8. The molecule has 146 valence electrons. The molecule has 4 nitrogen and oxygen atoms in total. The van der Waals surface area contributed by atoms with Crippen molar-refractivity contribution in [3.8, 4) is 0 Å². The molecule has 1 N–H and O–H groups in total. The highest BCUT2D eigenvalue weighted by Crippen LogP contribution is 2.36. The monoisotopic (exact) mass is 397 g/mol. The van der Waals surface area contributed by atoms with Crippen molar-refractivity contribution < 1.29 is 18.0 Å². The average Bonchev–Trinajstić information content (AvgIpc) is 3.14. The maximum absolute atomic E-state index is 13.3. The fourth-order valence-corrected chi connectivity index (χ4v) is 4.11. The van der Waals surface area contributed by atoms with Gasteiger partial charge in [0.1, 0.15) is 5.82 Å². The Kier molecular flexibility index (Phi) is 6.04. The quantitative estimate of drug-likeness (QED) is 0.825. The van der Waals surface area contributed by atoms with Crippen molar-refractivity contribution in [1.29, 1.82) is 0 Å². The Morgan fingerprint density at radius 3 is 2.96 bits per heavy atom. The van der Waals surface area contributed by atoms with Gasteiger partial charge < -0.3 is 10.2 Å². The van der Waals surface area contributed by atoms with E-state index in [9.17, 15) is 18.0 Å². The highest BCUT2D eigenvalue weighted by atomic mass is 32.1. The fraction of sp³-hybridized carbons (Fsp3) is 0.474. The number of rotatable bonds is 5. The van der Waals surface area contributed by atoms with Crippen molar-refractivity contribution in [2.24, 2.45) is 5.92 Å². The Labute approximate surface area is 160 Å². The van der Waals surface area contributed by atoms with E-state index in [0.717, 1.165) is 12.5 Å². The van der Waals surface area contributed by atoms with E-state index in [0.29, 0.717) is 19.4 Å². The van der Waals surface area contributed by atoms with E-state index in [-0.39, 0.29) is 30.2 Å². The molecule has 0 bridgehead atoms. The van der Waals surface area contributed by atoms with Crippen LogP contribution in [0.15, 0.2) is 35.2 Å². The first-order chi connectivity index (χ1) is 12.8. The van der Waals surface area contributed by atoms with Gasteiger partial charge in [0, 0.05) is 25.3 Å². The molecule has 1 fully saturated rings. The number of hydrogen-bond donors (Lipinski definition) is 1. The number of amides is 1. The second-order valence-corrected chi connectivity index (χ2v) is 7.68. The molecular formula is C19H22F3N3OS. The van der Waals surface area contributed by atoms with Crippen LogP contribution in [0.3, 0.4) is 0 Å². The molecule has 3 heterocycles. The van der Waals surface area contributed by atoms with Gasteiger partial charge in [-0.25, -0.2) is 4.98 Å². The number of pyridine rings is 1. The van der Waals surface area contributed by atoms with Gasteiger partial charge in [-0.2, -0.15) is 24.5 Å². The summed E-state index contributed by atoms with van der Waals surface area (Å²) in [5, 5.41) is 7.04. The highest BCUT2D eigenvalue weighted by Gasteiger charge is 2.37. The third-order valence-electron chi connectivity index (χ3n) is 4.69. The van der Waals surface area contributed by atoms with Crippen LogP contribution < -0.4 is 10.2 Å². The number of carbonyl (C=O) groups excluding carboxylic acids is 1. The van der Waals surface area contributed by atoms with Crippen molar-refractivity contribution in [2.75, 3.05) is 18.0 Å². The molecule has 1 amide bonds. The van der Waals surface area contributed by atoms with Crippen molar-refractivity contribution in [3.05, 3.63) is 46.3 Å². The Morgan fingerprint density at radius 2 is 2.26 bits per heavy atom. The summed E-state index contributed by atoms with van der Waals surface area (Å²) in [6, 6.07) is 4.32. The molecule has 27 heavy (non-hydrogen) atoms. The van der Waals surface area contributed by atoms with Gasteiger partial charge in [-0.1, -0.05) is 0 Å².